The van der Waals surface area contributed by atoms with Crippen molar-refractivity contribution in [2.75, 3.05) is 0 Å². The van der Waals surface area contributed by atoms with Crippen LogP contribution in [0.2, 0.25) is 4.34 Å². The maximum Gasteiger partial charge on any atom is 0.0931 e. The summed E-state index contributed by atoms with van der Waals surface area (Å²) in [5.74, 6) is 0.746. The Morgan fingerprint density at radius 3 is 2.48 bits per heavy atom. The van der Waals surface area contributed by atoms with Crippen molar-refractivity contribution in [2.24, 2.45) is 0 Å². The third-order valence-electron chi connectivity index (χ3n) is 4.57. The fourth-order valence-corrected chi connectivity index (χ4v) is 4.30. The summed E-state index contributed by atoms with van der Waals surface area (Å²) in [7, 11) is 0. The Morgan fingerprint density at radius 1 is 1.14 bits per heavy atom. The third-order valence-corrected chi connectivity index (χ3v) is 5.68. The van der Waals surface area contributed by atoms with Crippen LogP contribution >= 0.6 is 22.9 Å². The number of hydrogen-bond acceptors (Lipinski definition) is 2. The first-order valence-electron chi connectivity index (χ1n) is 7.77. The van der Waals surface area contributed by atoms with Crippen LogP contribution in [0.25, 0.3) is 0 Å². The van der Waals surface area contributed by atoms with Gasteiger partial charge in [-0.25, -0.2) is 0 Å². The van der Waals surface area contributed by atoms with Crippen LogP contribution in [0.3, 0.4) is 0 Å². The van der Waals surface area contributed by atoms with Crippen molar-refractivity contribution in [1.82, 2.24) is 5.32 Å². The summed E-state index contributed by atoms with van der Waals surface area (Å²) >= 11 is 7.64. The summed E-state index contributed by atoms with van der Waals surface area (Å²) in [6.07, 6.45) is 5.11. The quantitative estimate of drug-likeness (QED) is 0.753. The Hall–Kier alpha value is -0.830. The second-order valence-electron chi connectivity index (χ2n) is 6.03. The number of halogens is 1. The molecule has 1 aliphatic rings. The normalized spacial score (nSPS) is 23.9. The number of nitrogens with one attached hydrogen (secondary N) is 1. The van der Waals surface area contributed by atoms with Gasteiger partial charge in [0.2, 0.25) is 0 Å². The molecule has 1 heterocycles. The highest BCUT2D eigenvalue weighted by Crippen LogP contribution is 2.34. The van der Waals surface area contributed by atoms with Crippen molar-refractivity contribution in [3.63, 3.8) is 0 Å². The van der Waals surface area contributed by atoms with Crippen LogP contribution in [0.1, 0.15) is 55.7 Å². The average Bonchev–Trinajstić information content (AvgIpc) is 2.96. The van der Waals surface area contributed by atoms with Gasteiger partial charge in [-0.3, -0.25) is 0 Å². The number of thiophene rings is 1. The van der Waals surface area contributed by atoms with Gasteiger partial charge in [-0.05, 0) is 61.1 Å². The molecule has 1 N–H and O–H groups in total. The molecule has 0 amide bonds. The summed E-state index contributed by atoms with van der Waals surface area (Å²) in [5.41, 5.74) is 2.82. The van der Waals surface area contributed by atoms with E-state index >= 15 is 0 Å². The zero-order valence-electron chi connectivity index (χ0n) is 12.4. The minimum atomic E-state index is 0.395. The largest absolute Gasteiger partial charge is 0.307 e. The van der Waals surface area contributed by atoms with Crippen LogP contribution in [-0.4, -0.2) is 6.04 Å². The third kappa shape index (κ3) is 3.88. The first kappa shape index (κ1) is 15.1. The molecule has 1 unspecified atom stereocenters. The van der Waals surface area contributed by atoms with Crippen molar-refractivity contribution >= 4 is 22.9 Å². The lowest BCUT2D eigenvalue weighted by atomic mass is 9.81. The Kier molecular flexibility index (Phi) is 4.99. The molecule has 2 aromatic rings. The molecule has 0 spiro atoms. The standard InChI is InChI=1S/C18H22ClNS/c1-13(16-11-18(19)21-12-16)20-17-9-7-15(8-10-17)14-5-3-2-4-6-14/h2-6,11-13,15,17,20H,7-10H2,1H3. The van der Waals surface area contributed by atoms with E-state index in [1.807, 2.05) is 0 Å². The first-order chi connectivity index (χ1) is 10.2. The van der Waals surface area contributed by atoms with E-state index in [0.29, 0.717) is 12.1 Å². The maximum absolute atomic E-state index is 6.02. The van der Waals surface area contributed by atoms with Crippen LogP contribution < -0.4 is 5.32 Å². The van der Waals surface area contributed by atoms with Crippen LogP contribution in [0.4, 0.5) is 0 Å². The van der Waals surface area contributed by atoms with Gasteiger partial charge in [0.15, 0.2) is 0 Å². The monoisotopic (exact) mass is 319 g/mol. The van der Waals surface area contributed by atoms with E-state index in [-0.39, 0.29) is 0 Å². The molecule has 1 aromatic heterocycles. The molecule has 1 aromatic carbocycles. The SMILES string of the molecule is CC(NC1CCC(c2ccccc2)CC1)c1csc(Cl)c1. The Labute approximate surface area is 136 Å². The molecule has 1 aliphatic carbocycles. The lowest BCUT2D eigenvalue weighted by Gasteiger charge is -2.31. The predicted molar refractivity (Wildman–Crippen MR) is 92.3 cm³/mol. The molecule has 0 radical (unpaired) electrons. The van der Waals surface area contributed by atoms with E-state index in [1.165, 1.54) is 36.8 Å². The molecular formula is C18H22ClNS. The summed E-state index contributed by atoms with van der Waals surface area (Å²) in [5, 5.41) is 5.93. The molecule has 0 aliphatic heterocycles. The van der Waals surface area contributed by atoms with Crippen molar-refractivity contribution in [3.05, 3.63) is 57.2 Å². The molecule has 21 heavy (non-hydrogen) atoms. The Bertz CT molecular complexity index is 558. The van der Waals surface area contributed by atoms with Gasteiger partial charge in [0.1, 0.15) is 0 Å². The number of benzene rings is 1. The molecular weight excluding hydrogens is 298 g/mol. The maximum atomic E-state index is 6.02. The molecule has 1 saturated carbocycles. The van der Waals surface area contributed by atoms with Gasteiger partial charge in [0.05, 0.1) is 4.34 Å². The molecule has 1 fully saturated rings. The minimum absolute atomic E-state index is 0.395. The molecule has 3 rings (SSSR count). The summed E-state index contributed by atoms with van der Waals surface area (Å²) in [6, 6.07) is 14.1. The molecule has 112 valence electrons. The van der Waals surface area contributed by atoms with Crippen LogP contribution in [0.5, 0.6) is 0 Å². The van der Waals surface area contributed by atoms with Crippen molar-refractivity contribution < 1.29 is 0 Å². The smallest absolute Gasteiger partial charge is 0.0931 e. The van der Waals surface area contributed by atoms with Gasteiger partial charge in [-0.15, -0.1) is 11.3 Å². The molecule has 1 nitrogen and oxygen atoms in total. The van der Waals surface area contributed by atoms with Gasteiger partial charge in [-0.2, -0.15) is 0 Å². The Balaban J connectivity index is 1.52. The number of rotatable bonds is 4. The van der Waals surface area contributed by atoms with E-state index < -0.39 is 0 Å². The Morgan fingerprint density at radius 2 is 1.86 bits per heavy atom. The second-order valence-corrected chi connectivity index (χ2v) is 7.57. The minimum Gasteiger partial charge on any atom is -0.307 e. The zero-order valence-corrected chi connectivity index (χ0v) is 14.0. The summed E-state index contributed by atoms with van der Waals surface area (Å²) in [6.45, 7) is 2.24. The highest BCUT2D eigenvalue weighted by molar-refractivity contribution is 7.14. The van der Waals surface area contributed by atoms with E-state index in [0.717, 1.165) is 10.3 Å². The van der Waals surface area contributed by atoms with E-state index in [4.69, 9.17) is 11.6 Å². The lowest BCUT2D eigenvalue weighted by Crippen LogP contribution is -2.34. The highest BCUT2D eigenvalue weighted by Gasteiger charge is 2.23. The van der Waals surface area contributed by atoms with Crippen LogP contribution in [0.15, 0.2) is 41.8 Å². The van der Waals surface area contributed by atoms with Gasteiger partial charge in [-0.1, -0.05) is 41.9 Å². The van der Waals surface area contributed by atoms with Gasteiger partial charge in [0.25, 0.3) is 0 Å². The van der Waals surface area contributed by atoms with Crippen molar-refractivity contribution in [2.45, 2.75) is 50.6 Å². The van der Waals surface area contributed by atoms with Crippen molar-refractivity contribution in [3.8, 4) is 0 Å². The van der Waals surface area contributed by atoms with Gasteiger partial charge >= 0.3 is 0 Å². The molecule has 1 atom stereocenters. The van der Waals surface area contributed by atoms with E-state index in [9.17, 15) is 0 Å². The van der Waals surface area contributed by atoms with E-state index in [1.54, 1.807) is 11.3 Å². The summed E-state index contributed by atoms with van der Waals surface area (Å²) in [4.78, 5) is 0. The second kappa shape index (κ2) is 6.95. The highest BCUT2D eigenvalue weighted by atomic mass is 35.5. The number of hydrogen-bond donors (Lipinski definition) is 1. The topological polar surface area (TPSA) is 12.0 Å². The predicted octanol–water partition coefficient (Wildman–Crippen LogP) is 5.78. The van der Waals surface area contributed by atoms with Crippen LogP contribution in [-0.2, 0) is 0 Å². The fourth-order valence-electron chi connectivity index (χ4n) is 3.32. The first-order valence-corrected chi connectivity index (χ1v) is 9.03. The molecule has 0 bridgehead atoms. The van der Waals surface area contributed by atoms with Crippen molar-refractivity contribution in [1.29, 1.82) is 0 Å². The average molecular weight is 320 g/mol. The molecule has 0 saturated heterocycles. The fraction of sp³-hybridized carbons (Fsp3) is 0.444. The molecule has 3 heteroatoms. The summed E-state index contributed by atoms with van der Waals surface area (Å²) < 4.78 is 0.881. The van der Waals surface area contributed by atoms with Gasteiger partial charge in [0, 0.05) is 12.1 Å². The lowest BCUT2D eigenvalue weighted by molar-refractivity contribution is 0.322. The van der Waals surface area contributed by atoms with Crippen LogP contribution in [0, 0.1) is 0 Å². The van der Waals surface area contributed by atoms with Gasteiger partial charge < -0.3 is 5.32 Å². The zero-order chi connectivity index (χ0) is 14.7. The van der Waals surface area contributed by atoms with E-state index in [2.05, 4.69) is 54.0 Å².